The van der Waals surface area contributed by atoms with Crippen molar-refractivity contribution in [2.75, 3.05) is 0 Å². The fourth-order valence-electron chi connectivity index (χ4n) is 4.89. The molecule has 2 heteroatoms. The Morgan fingerprint density at radius 3 is 1.80 bits per heavy atom. The summed E-state index contributed by atoms with van der Waals surface area (Å²) >= 11 is 0. The Morgan fingerprint density at radius 1 is 0.686 bits per heavy atom. The molecule has 0 radical (unpaired) electrons. The second-order valence-corrected chi connectivity index (χ2v) is 10.1. The van der Waals surface area contributed by atoms with Gasteiger partial charge >= 0.3 is 0 Å². The van der Waals surface area contributed by atoms with E-state index in [9.17, 15) is 8.78 Å². The normalized spacial score (nSPS) is 17.2. The first-order chi connectivity index (χ1) is 16.8. The molecule has 3 aromatic carbocycles. The van der Waals surface area contributed by atoms with Crippen LogP contribution in [0.15, 0.2) is 48.5 Å². The maximum atomic E-state index is 14.7. The molecular formula is C33H32F2. The van der Waals surface area contributed by atoms with Crippen molar-refractivity contribution in [3.05, 3.63) is 105 Å². The molecule has 0 spiro atoms. The van der Waals surface area contributed by atoms with E-state index in [1.807, 2.05) is 43.3 Å². The van der Waals surface area contributed by atoms with Gasteiger partial charge in [0, 0.05) is 16.7 Å². The van der Waals surface area contributed by atoms with E-state index in [0.29, 0.717) is 5.56 Å². The third kappa shape index (κ3) is 6.41. The van der Waals surface area contributed by atoms with Gasteiger partial charge in [0.05, 0.1) is 5.56 Å². The largest absolute Gasteiger partial charge is 0.205 e. The molecule has 0 atom stereocenters. The number of hydrogen-bond acceptors (Lipinski definition) is 0. The molecule has 0 N–H and O–H groups in total. The summed E-state index contributed by atoms with van der Waals surface area (Å²) in [5.74, 6) is 11.7. The molecule has 1 saturated carbocycles. The Kier molecular flexibility index (Phi) is 7.73. The second kappa shape index (κ2) is 10.9. The standard InChI is InChI=1S/C33H32F2/c1-22-5-9-26(10-6-22)13-14-29-20-32(34)30(33(35)21-29)16-15-28-17-24(3)31(25(4)18-28)19-27-11-7-23(2)8-12-27/h5-6,9-10,17-18,20-21,23,27H,7-8,11-12,19H2,1-4H3. The van der Waals surface area contributed by atoms with Crippen LogP contribution >= 0.6 is 0 Å². The molecule has 0 bridgehead atoms. The Bertz CT molecular complexity index is 1290. The van der Waals surface area contributed by atoms with Crippen LogP contribution in [-0.2, 0) is 6.42 Å². The summed E-state index contributed by atoms with van der Waals surface area (Å²) in [5, 5.41) is 0. The van der Waals surface area contributed by atoms with Gasteiger partial charge in [-0.25, -0.2) is 8.78 Å². The predicted octanol–water partition coefficient (Wildman–Crippen LogP) is 8.06. The lowest BCUT2D eigenvalue weighted by atomic mass is 9.79. The fourth-order valence-corrected chi connectivity index (χ4v) is 4.89. The zero-order valence-electron chi connectivity index (χ0n) is 21.1. The smallest absolute Gasteiger partial charge is 0.143 e. The molecule has 0 saturated heterocycles. The number of rotatable bonds is 2. The van der Waals surface area contributed by atoms with Crippen LogP contribution in [0, 0.1) is 67.9 Å². The lowest BCUT2D eigenvalue weighted by Crippen LogP contribution is -2.15. The van der Waals surface area contributed by atoms with Crippen LogP contribution in [0.4, 0.5) is 8.78 Å². The Hall–Kier alpha value is -3.36. The summed E-state index contributed by atoms with van der Waals surface area (Å²) in [4.78, 5) is 0. The average Bonchev–Trinajstić information content (AvgIpc) is 2.82. The summed E-state index contributed by atoms with van der Waals surface area (Å²) in [6, 6.07) is 14.3. The summed E-state index contributed by atoms with van der Waals surface area (Å²) in [7, 11) is 0. The zero-order valence-corrected chi connectivity index (χ0v) is 21.1. The highest BCUT2D eigenvalue weighted by Gasteiger charge is 2.20. The minimum atomic E-state index is -0.692. The number of benzene rings is 3. The Balaban J connectivity index is 1.52. The summed E-state index contributed by atoms with van der Waals surface area (Å²) < 4.78 is 29.4. The molecule has 0 unspecified atom stereocenters. The molecule has 3 aromatic rings. The topological polar surface area (TPSA) is 0 Å². The highest BCUT2D eigenvalue weighted by atomic mass is 19.1. The van der Waals surface area contributed by atoms with E-state index >= 15 is 0 Å². The third-order valence-corrected chi connectivity index (χ3v) is 7.10. The van der Waals surface area contributed by atoms with Gasteiger partial charge in [-0.2, -0.15) is 0 Å². The van der Waals surface area contributed by atoms with Crippen LogP contribution in [0.5, 0.6) is 0 Å². The van der Waals surface area contributed by atoms with E-state index < -0.39 is 11.6 Å². The van der Waals surface area contributed by atoms with Gasteiger partial charge in [0.15, 0.2) is 0 Å². The minimum Gasteiger partial charge on any atom is -0.205 e. The van der Waals surface area contributed by atoms with Gasteiger partial charge in [-0.05, 0) is 105 Å². The van der Waals surface area contributed by atoms with Gasteiger partial charge in [-0.15, -0.1) is 0 Å². The zero-order chi connectivity index (χ0) is 24.9. The fraction of sp³-hybridized carbons (Fsp3) is 0.333. The van der Waals surface area contributed by atoms with Crippen LogP contribution < -0.4 is 0 Å². The highest BCUT2D eigenvalue weighted by molar-refractivity contribution is 5.51. The SMILES string of the molecule is Cc1ccc(C#Cc2cc(F)c(C#Cc3cc(C)c(CC4CCC(C)CC4)c(C)c3)c(F)c2)cc1. The minimum absolute atomic E-state index is 0.221. The van der Waals surface area contributed by atoms with Crippen LogP contribution in [0.3, 0.4) is 0 Å². The molecule has 1 aliphatic carbocycles. The number of halogens is 2. The summed E-state index contributed by atoms with van der Waals surface area (Å²) in [5.41, 5.74) is 6.58. The lowest BCUT2D eigenvalue weighted by molar-refractivity contribution is 0.288. The van der Waals surface area contributed by atoms with Crippen LogP contribution in [0.25, 0.3) is 0 Å². The van der Waals surface area contributed by atoms with Crippen LogP contribution in [0.1, 0.15) is 77.1 Å². The van der Waals surface area contributed by atoms with Gasteiger partial charge in [-0.3, -0.25) is 0 Å². The van der Waals surface area contributed by atoms with Crippen molar-refractivity contribution in [1.29, 1.82) is 0 Å². The molecular weight excluding hydrogens is 434 g/mol. The molecule has 1 aliphatic rings. The van der Waals surface area contributed by atoms with Gasteiger partial charge in [0.2, 0.25) is 0 Å². The van der Waals surface area contributed by atoms with Crippen molar-refractivity contribution in [3.63, 3.8) is 0 Å². The summed E-state index contributed by atoms with van der Waals surface area (Å²) in [6.07, 6.45) is 6.34. The number of hydrogen-bond donors (Lipinski definition) is 0. The molecule has 0 amide bonds. The Labute approximate surface area is 208 Å². The van der Waals surface area contributed by atoms with E-state index in [1.165, 1.54) is 54.5 Å². The molecule has 35 heavy (non-hydrogen) atoms. The molecule has 1 fully saturated rings. The highest BCUT2D eigenvalue weighted by Crippen LogP contribution is 2.32. The molecule has 4 rings (SSSR count). The van der Waals surface area contributed by atoms with Crippen molar-refractivity contribution in [2.45, 2.75) is 59.8 Å². The van der Waals surface area contributed by atoms with Crippen LogP contribution in [0.2, 0.25) is 0 Å². The Morgan fingerprint density at radius 2 is 1.20 bits per heavy atom. The van der Waals surface area contributed by atoms with E-state index in [2.05, 4.69) is 44.5 Å². The molecule has 0 aromatic heterocycles. The van der Waals surface area contributed by atoms with Gasteiger partial charge in [0.25, 0.3) is 0 Å². The van der Waals surface area contributed by atoms with E-state index in [4.69, 9.17) is 0 Å². The molecule has 0 nitrogen and oxygen atoms in total. The van der Waals surface area contributed by atoms with E-state index in [0.717, 1.165) is 34.9 Å². The molecule has 0 heterocycles. The van der Waals surface area contributed by atoms with Gasteiger partial charge in [0.1, 0.15) is 11.6 Å². The first kappa shape index (κ1) is 24.8. The lowest BCUT2D eigenvalue weighted by Gasteiger charge is -2.27. The first-order valence-electron chi connectivity index (χ1n) is 12.5. The predicted molar refractivity (Wildman–Crippen MR) is 140 cm³/mol. The van der Waals surface area contributed by atoms with Crippen molar-refractivity contribution in [1.82, 2.24) is 0 Å². The second-order valence-electron chi connectivity index (χ2n) is 10.1. The average molecular weight is 467 g/mol. The van der Waals surface area contributed by atoms with E-state index in [1.54, 1.807) is 0 Å². The third-order valence-electron chi connectivity index (χ3n) is 7.10. The van der Waals surface area contributed by atoms with Gasteiger partial charge < -0.3 is 0 Å². The van der Waals surface area contributed by atoms with Crippen molar-refractivity contribution in [2.24, 2.45) is 11.8 Å². The molecule has 0 aliphatic heterocycles. The van der Waals surface area contributed by atoms with Crippen molar-refractivity contribution < 1.29 is 8.78 Å². The van der Waals surface area contributed by atoms with Gasteiger partial charge in [-0.1, -0.05) is 61.1 Å². The maximum absolute atomic E-state index is 14.7. The monoisotopic (exact) mass is 466 g/mol. The summed E-state index contributed by atoms with van der Waals surface area (Å²) in [6.45, 7) is 8.57. The van der Waals surface area contributed by atoms with Crippen molar-refractivity contribution in [3.8, 4) is 23.7 Å². The molecule has 178 valence electrons. The van der Waals surface area contributed by atoms with Crippen LogP contribution in [-0.4, -0.2) is 0 Å². The maximum Gasteiger partial charge on any atom is 0.143 e. The number of aryl methyl sites for hydroxylation is 3. The quantitative estimate of drug-likeness (QED) is 0.335. The van der Waals surface area contributed by atoms with Crippen molar-refractivity contribution >= 4 is 0 Å². The van der Waals surface area contributed by atoms with E-state index in [-0.39, 0.29) is 5.56 Å². The first-order valence-corrected chi connectivity index (χ1v) is 12.5.